The summed E-state index contributed by atoms with van der Waals surface area (Å²) in [4.78, 5) is 19.7. The van der Waals surface area contributed by atoms with Gasteiger partial charge < -0.3 is 14.8 Å². The van der Waals surface area contributed by atoms with Gasteiger partial charge in [0.15, 0.2) is 5.13 Å². The average Bonchev–Trinajstić information content (AvgIpc) is 3.46. The molecule has 1 N–H and O–H groups in total. The number of hydrogen-bond acceptors (Lipinski definition) is 4. The molecule has 0 atom stereocenters. The molecule has 0 saturated heterocycles. The fourth-order valence-electron chi connectivity index (χ4n) is 4.09. The summed E-state index contributed by atoms with van der Waals surface area (Å²) in [6, 6.07) is 16.8. The topological polar surface area (TPSA) is 50.2 Å². The van der Waals surface area contributed by atoms with Gasteiger partial charge in [-0.1, -0.05) is 49.7 Å². The van der Waals surface area contributed by atoms with Gasteiger partial charge in [0, 0.05) is 36.9 Å². The lowest BCUT2D eigenvalue weighted by Gasteiger charge is -2.17. The molecule has 0 bridgehead atoms. The third-order valence-electron chi connectivity index (χ3n) is 6.18. The van der Waals surface area contributed by atoms with Crippen LogP contribution in [0.5, 0.6) is 0 Å². The summed E-state index contributed by atoms with van der Waals surface area (Å²) in [6.07, 6.45) is -2.50. The Hall–Kier alpha value is -3.59. The van der Waals surface area contributed by atoms with Crippen molar-refractivity contribution in [3.05, 3.63) is 88.4 Å². The summed E-state index contributed by atoms with van der Waals surface area (Å²) in [7, 11) is 1.81. The van der Waals surface area contributed by atoms with Crippen LogP contribution in [0.25, 0.3) is 11.4 Å². The molecule has 1 amide bonds. The van der Waals surface area contributed by atoms with Crippen molar-refractivity contribution in [1.29, 1.82) is 0 Å². The van der Waals surface area contributed by atoms with Crippen LogP contribution in [0.1, 0.15) is 46.9 Å². The Balaban J connectivity index is 1.67. The molecule has 2 aromatic carbocycles. The van der Waals surface area contributed by atoms with Crippen LogP contribution in [-0.4, -0.2) is 34.0 Å². The first kappa shape index (κ1) is 26.5. The normalized spacial score (nSPS) is 11.5. The number of nitrogens with one attached hydrogen (secondary N) is 1. The van der Waals surface area contributed by atoms with E-state index in [4.69, 9.17) is 0 Å². The van der Waals surface area contributed by atoms with Gasteiger partial charge in [-0.3, -0.25) is 4.79 Å². The molecule has 0 radical (unpaired) electrons. The highest BCUT2D eigenvalue weighted by molar-refractivity contribution is 7.14. The molecular weight excluding hydrogens is 497 g/mol. The van der Waals surface area contributed by atoms with Gasteiger partial charge in [-0.05, 0) is 43.2 Å². The van der Waals surface area contributed by atoms with E-state index in [0.29, 0.717) is 35.2 Å². The summed E-state index contributed by atoms with van der Waals surface area (Å²) < 4.78 is 41.4. The van der Waals surface area contributed by atoms with Crippen LogP contribution in [0.15, 0.2) is 66.0 Å². The van der Waals surface area contributed by atoms with Crippen LogP contribution in [0.4, 0.5) is 24.0 Å². The molecular formula is C28H29F3N4OS. The molecule has 0 unspecified atom stereocenters. The van der Waals surface area contributed by atoms with Crippen molar-refractivity contribution < 1.29 is 18.0 Å². The fraction of sp³-hybridized carbons (Fsp3) is 0.286. The lowest BCUT2D eigenvalue weighted by Crippen LogP contribution is -2.28. The highest BCUT2D eigenvalue weighted by atomic mass is 32.1. The summed E-state index contributed by atoms with van der Waals surface area (Å²) in [5.41, 5.74) is 3.54. The third kappa shape index (κ3) is 6.22. The van der Waals surface area contributed by atoms with E-state index in [-0.39, 0.29) is 5.91 Å². The number of halogens is 3. The van der Waals surface area contributed by atoms with E-state index in [1.807, 2.05) is 55.7 Å². The Bertz CT molecular complexity index is 1360. The second-order valence-electron chi connectivity index (χ2n) is 8.92. The van der Waals surface area contributed by atoms with E-state index in [0.717, 1.165) is 41.9 Å². The van der Waals surface area contributed by atoms with Crippen molar-refractivity contribution in [3.8, 4) is 11.4 Å². The SMILES string of the molecule is CCCCN(C)C(=O)c1cc(-c2csc(Nc3cccc(C(F)(F)F)c3)n2)n(Cc2ccccc2)c1C. The molecule has 194 valence electrons. The van der Waals surface area contributed by atoms with Gasteiger partial charge in [0.2, 0.25) is 0 Å². The van der Waals surface area contributed by atoms with Crippen LogP contribution in [-0.2, 0) is 12.7 Å². The summed E-state index contributed by atoms with van der Waals surface area (Å²) in [5, 5.41) is 5.30. The number of benzene rings is 2. The van der Waals surface area contributed by atoms with Crippen LogP contribution in [0.3, 0.4) is 0 Å². The molecule has 2 aromatic heterocycles. The van der Waals surface area contributed by atoms with Crippen molar-refractivity contribution >= 4 is 28.1 Å². The fourth-order valence-corrected chi connectivity index (χ4v) is 4.82. The average molecular weight is 527 g/mol. The Morgan fingerprint density at radius 1 is 1.11 bits per heavy atom. The van der Waals surface area contributed by atoms with E-state index < -0.39 is 11.7 Å². The van der Waals surface area contributed by atoms with Crippen molar-refractivity contribution in [2.75, 3.05) is 18.9 Å². The van der Waals surface area contributed by atoms with E-state index in [1.54, 1.807) is 11.0 Å². The van der Waals surface area contributed by atoms with Gasteiger partial charge >= 0.3 is 6.18 Å². The van der Waals surface area contributed by atoms with Gasteiger partial charge in [-0.2, -0.15) is 13.2 Å². The zero-order chi connectivity index (χ0) is 26.6. The highest BCUT2D eigenvalue weighted by Gasteiger charge is 2.30. The van der Waals surface area contributed by atoms with Crippen LogP contribution < -0.4 is 5.32 Å². The quantitative estimate of drug-likeness (QED) is 0.244. The number of amides is 1. The number of unbranched alkanes of at least 4 members (excludes halogenated alkanes) is 1. The standard InChI is InChI=1S/C28H29F3N4OS/c1-4-5-14-34(3)26(36)23-16-25(35(19(23)2)17-20-10-7-6-8-11-20)24-18-37-27(33-24)32-22-13-9-12-21(15-22)28(29,30)31/h6-13,15-16,18H,4-5,14,17H2,1-3H3,(H,32,33). The predicted molar refractivity (Wildman–Crippen MR) is 142 cm³/mol. The second-order valence-corrected chi connectivity index (χ2v) is 9.78. The Morgan fingerprint density at radius 2 is 1.86 bits per heavy atom. The zero-order valence-corrected chi connectivity index (χ0v) is 21.8. The Kier molecular flexibility index (Phi) is 8.02. The Morgan fingerprint density at radius 3 is 2.57 bits per heavy atom. The van der Waals surface area contributed by atoms with Gasteiger partial charge in [0.25, 0.3) is 5.91 Å². The second kappa shape index (κ2) is 11.2. The molecule has 37 heavy (non-hydrogen) atoms. The first-order valence-electron chi connectivity index (χ1n) is 12.1. The van der Waals surface area contributed by atoms with E-state index in [9.17, 15) is 18.0 Å². The largest absolute Gasteiger partial charge is 0.416 e. The molecule has 4 rings (SSSR count). The number of aromatic nitrogens is 2. The van der Waals surface area contributed by atoms with Gasteiger partial charge in [-0.15, -0.1) is 11.3 Å². The minimum Gasteiger partial charge on any atom is -0.342 e. The number of nitrogens with zero attached hydrogens (tertiary/aromatic N) is 3. The maximum absolute atomic E-state index is 13.3. The van der Waals surface area contributed by atoms with Crippen molar-refractivity contribution in [2.45, 2.75) is 39.4 Å². The van der Waals surface area contributed by atoms with E-state index in [1.165, 1.54) is 17.4 Å². The third-order valence-corrected chi connectivity index (χ3v) is 6.94. The molecule has 0 saturated carbocycles. The minimum atomic E-state index is -4.42. The molecule has 0 spiro atoms. The number of thiazole rings is 1. The van der Waals surface area contributed by atoms with E-state index >= 15 is 0 Å². The summed E-state index contributed by atoms with van der Waals surface area (Å²) in [5.74, 6) is -0.0449. The van der Waals surface area contributed by atoms with E-state index in [2.05, 4.69) is 21.8 Å². The lowest BCUT2D eigenvalue weighted by atomic mass is 10.2. The first-order valence-corrected chi connectivity index (χ1v) is 12.9. The number of carbonyl (C=O) groups excluding carboxylic acids is 1. The number of anilines is 2. The minimum absolute atomic E-state index is 0.0449. The number of carbonyl (C=O) groups is 1. The molecule has 9 heteroatoms. The number of alkyl halides is 3. The summed E-state index contributed by atoms with van der Waals surface area (Å²) >= 11 is 1.30. The molecule has 2 heterocycles. The maximum atomic E-state index is 13.3. The molecule has 0 aliphatic heterocycles. The smallest absolute Gasteiger partial charge is 0.342 e. The monoisotopic (exact) mass is 526 g/mol. The molecule has 4 aromatic rings. The Labute approximate surface area is 218 Å². The zero-order valence-electron chi connectivity index (χ0n) is 21.0. The molecule has 5 nitrogen and oxygen atoms in total. The number of hydrogen-bond donors (Lipinski definition) is 1. The molecule has 0 aliphatic rings. The number of rotatable bonds is 9. The van der Waals surface area contributed by atoms with Crippen LogP contribution in [0, 0.1) is 6.92 Å². The summed E-state index contributed by atoms with van der Waals surface area (Å²) in [6.45, 7) is 5.25. The van der Waals surface area contributed by atoms with Crippen LogP contribution in [0.2, 0.25) is 0 Å². The van der Waals surface area contributed by atoms with Gasteiger partial charge in [0.05, 0.1) is 22.5 Å². The molecule has 0 aliphatic carbocycles. The highest BCUT2D eigenvalue weighted by Crippen LogP contribution is 2.34. The van der Waals surface area contributed by atoms with Crippen molar-refractivity contribution in [3.63, 3.8) is 0 Å². The first-order chi connectivity index (χ1) is 17.7. The predicted octanol–water partition coefficient (Wildman–Crippen LogP) is 7.60. The molecule has 0 fully saturated rings. The van der Waals surface area contributed by atoms with Gasteiger partial charge in [-0.25, -0.2) is 4.98 Å². The van der Waals surface area contributed by atoms with Crippen molar-refractivity contribution in [2.24, 2.45) is 0 Å². The maximum Gasteiger partial charge on any atom is 0.416 e. The lowest BCUT2D eigenvalue weighted by molar-refractivity contribution is -0.137. The van der Waals surface area contributed by atoms with Crippen LogP contribution >= 0.6 is 11.3 Å². The van der Waals surface area contributed by atoms with Gasteiger partial charge in [0.1, 0.15) is 0 Å². The van der Waals surface area contributed by atoms with Crippen molar-refractivity contribution in [1.82, 2.24) is 14.5 Å².